The molecule has 118 valence electrons. The van der Waals surface area contributed by atoms with Crippen LogP contribution in [-0.2, 0) is 11.3 Å². The highest BCUT2D eigenvalue weighted by Crippen LogP contribution is 2.07. The second-order valence-corrected chi connectivity index (χ2v) is 4.66. The Labute approximate surface area is 133 Å². The molecule has 0 fully saturated rings. The molecule has 0 atom stereocenters. The number of ether oxygens (including phenoxy) is 1. The molecule has 0 spiro atoms. The number of hydrogen-bond donors (Lipinski definition) is 1. The van der Waals surface area contributed by atoms with Crippen molar-refractivity contribution < 1.29 is 18.3 Å². The minimum absolute atomic E-state index is 0.123. The van der Waals surface area contributed by atoms with Crippen LogP contribution in [0.5, 0.6) is 0 Å². The lowest BCUT2D eigenvalue weighted by Gasteiger charge is -2.05. The SMILES string of the molecule is O=C(NCCC#Cc1ccc(F)cc1F)OCc1ccccc1. The first-order valence-electron chi connectivity index (χ1n) is 7.03. The number of amides is 1. The Kier molecular flexibility index (Phi) is 6.13. The van der Waals surface area contributed by atoms with Crippen molar-refractivity contribution in [1.29, 1.82) is 0 Å². The standard InChI is InChI=1S/C18H15F2NO2/c19-16-10-9-15(17(20)12-16)8-4-5-11-21-18(22)23-13-14-6-2-1-3-7-14/h1-3,6-7,9-10,12H,5,11,13H2,(H,21,22). The van der Waals surface area contributed by atoms with Gasteiger partial charge in [-0.2, -0.15) is 0 Å². The molecule has 0 bridgehead atoms. The van der Waals surface area contributed by atoms with Crippen molar-refractivity contribution in [1.82, 2.24) is 5.32 Å². The molecule has 0 unspecified atom stereocenters. The number of halogens is 2. The van der Waals surface area contributed by atoms with Crippen LogP contribution >= 0.6 is 0 Å². The summed E-state index contributed by atoms with van der Waals surface area (Å²) in [4.78, 5) is 11.5. The van der Waals surface area contributed by atoms with E-state index in [9.17, 15) is 13.6 Å². The Morgan fingerprint density at radius 2 is 1.91 bits per heavy atom. The molecule has 0 heterocycles. The van der Waals surface area contributed by atoms with Gasteiger partial charge in [0.25, 0.3) is 0 Å². The molecular formula is C18H15F2NO2. The quantitative estimate of drug-likeness (QED) is 0.691. The van der Waals surface area contributed by atoms with Gasteiger partial charge in [-0.3, -0.25) is 0 Å². The average Bonchev–Trinajstić information content (AvgIpc) is 2.55. The predicted octanol–water partition coefficient (Wildman–Crippen LogP) is 3.63. The van der Waals surface area contributed by atoms with Crippen LogP contribution in [0.15, 0.2) is 48.5 Å². The van der Waals surface area contributed by atoms with Gasteiger partial charge in [-0.1, -0.05) is 42.2 Å². The monoisotopic (exact) mass is 315 g/mol. The molecule has 0 aliphatic carbocycles. The number of alkyl carbamates (subject to hydrolysis) is 1. The summed E-state index contributed by atoms with van der Waals surface area (Å²) in [6.07, 6.45) is -0.208. The number of benzene rings is 2. The predicted molar refractivity (Wildman–Crippen MR) is 82.5 cm³/mol. The molecular weight excluding hydrogens is 300 g/mol. The Balaban J connectivity index is 1.69. The van der Waals surface area contributed by atoms with Crippen molar-refractivity contribution >= 4 is 6.09 Å². The van der Waals surface area contributed by atoms with Crippen LogP contribution in [0, 0.1) is 23.5 Å². The van der Waals surface area contributed by atoms with Gasteiger partial charge in [0.15, 0.2) is 0 Å². The zero-order valence-electron chi connectivity index (χ0n) is 12.3. The molecule has 2 aromatic carbocycles. The first-order chi connectivity index (χ1) is 11.1. The normalized spacial score (nSPS) is 9.65. The summed E-state index contributed by atoms with van der Waals surface area (Å²) in [5.41, 5.74) is 1.02. The molecule has 1 amide bonds. The molecule has 5 heteroatoms. The average molecular weight is 315 g/mol. The lowest BCUT2D eigenvalue weighted by Crippen LogP contribution is -2.24. The molecule has 0 saturated carbocycles. The summed E-state index contributed by atoms with van der Waals surface area (Å²) in [5.74, 6) is 3.95. The maximum Gasteiger partial charge on any atom is 0.407 e. The maximum atomic E-state index is 13.3. The number of rotatable bonds is 4. The largest absolute Gasteiger partial charge is 0.445 e. The van der Waals surface area contributed by atoms with Crippen LogP contribution < -0.4 is 5.32 Å². The minimum Gasteiger partial charge on any atom is -0.445 e. The van der Waals surface area contributed by atoms with Gasteiger partial charge in [0.05, 0.1) is 5.56 Å². The first kappa shape index (κ1) is 16.5. The summed E-state index contributed by atoms with van der Waals surface area (Å²) in [7, 11) is 0. The number of carbonyl (C=O) groups excluding carboxylic acids is 1. The summed E-state index contributed by atoms with van der Waals surface area (Å²) in [6, 6.07) is 12.5. The van der Waals surface area contributed by atoms with Crippen LogP contribution in [-0.4, -0.2) is 12.6 Å². The Morgan fingerprint density at radius 1 is 1.13 bits per heavy atom. The summed E-state index contributed by atoms with van der Waals surface area (Å²) < 4.78 is 31.1. The molecule has 0 radical (unpaired) electrons. The molecule has 0 aromatic heterocycles. The van der Waals surface area contributed by atoms with Gasteiger partial charge in [-0.25, -0.2) is 13.6 Å². The molecule has 0 aliphatic rings. The summed E-state index contributed by atoms with van der Waals surface area (Å²) >= 11 is 0. The van der Waals surface area contributed by atoms with Gasteiger partial charge in [-0.15, -0.1) is 0 Å². The van der Waals surface area contributed by atoms with E-state index in [1.54, 1.807) is 0 Å². The van der Waals surface area contributed by atoms with Crippen LogP contribution in [0.1, 0.15) is 17.5 Å². The number of nitrogens with one attached hydrogen (secondary N) is 1. The van der Waals surface area contributed by atoms with Gasteiger partial charge < -0.3 is 10.1 Å². The van der Waals surface area contributed by atoms with E-state index in [1.807, 2.05) is 30.3 Å². The molecule has 23 heavy (non-hydrogen) atoms. The molecule has 0 aliphatic heterocycles. The molecule has 2 aromatic rings. The van der Waals surface area contributed by atoms with Crippen LogP contribution in [0.3, 0.4) is 0 Å². The van der Waals surface area contributed by atoms with E-state index < -0.39 is 17.7 Å². The van der Waals surface area contributed by atoms with Crippen LogP contribution in [0.2, 0.25) is 0 Å². The maximum absolute atomic E-state index is 13.3. The lowest BCUT2D eigenvalue weighted by atomic mass is 10.2. The number of hydrogen-bond acceptors (Lipinski definition) is 2. The van der Waals surface area contributed by atoms with Crippen LogP contribution in [0.4, 0.5) is 13.6 Å². The van der Waals surface area contributed by atoms with Gasteiger partial charge >= 0.3 is 6.09 Å². The van der Waals surface area contributed by atoms with Crippen molar-refractivity contribution in [3.63, 3.8) is 0 Å². The summed E-state index contributed by atoms with van der Waals surface area (Å²) in [5, 5.41) is 2.55. The fourth-order valence-corrected chi connectivity index (χ4v) is 1.75. The van der Waals surface area contributed by atoms with Gasteiger partial charge in [0.2, 0.25) is 0 Å². The van der Waals surface area contributed by atoms with Crippen molar-refractivity contribution in [2.75, 3.05) is 6.54 Å². The molecule has 2 rings (SSSR count). The van der Waals surface area contributed by atoms with Gasteiger partial charge in [0, 0.05) is 19.0 Å². The highest BCUT2D eigenvalue weighted by molar-refractivity contribution is 5.67. The molecule has 3 nitrogen and oxygen atoms in total. The van der Waals surface area contributed by atoms with Gasteiger partial charge in [0.1, 0.15) is 18.2 Å². The third-order valence-electron chi connectivity index (χ3n) is 2.89. The van der Waals surface area contributed by atoms with E-state index in [-0.39, 0.29) is 18.7 Å². The fourth-order valence-electron chi connectivity index (χ4n) is 1.75. The Morgan fingerprint density at radius 3 is 2.65 bits per heavy atom. The topological polar surface area (TPSA) is 38.3 Å². The fraction of sp³-hybridized carbons (Fsp3) is 0.167. The lowest BCUT2D eigenvalue weighted by molar-refractivity contribution is 0.140. The van der Waals surface area contributed by atoms with Crippen LogP contribution in [0.25, 0.3) is 0 Å². The zero-order valence-corrected chi connectivity index (χ0v) is 12.3. The minimum atomic E-state index is -0.701. The van der Waals surface area contributed by atoms with Crippen molar-refractivity contribution in [3.05, 3.63) is 71.3 Å². The smallest absolute Gasteiger partial charge is 0.407 e. The van der Waals surface area contributed by atoms with E-state index in [1.165, 1.54) is 6.07 Å². The van der Waals surface area contributed by atoms with E-state index in [2.05, 4.69) is 17.2 Å². The third-order valence-corrected chi connectivity index (χ3v) is 2.89. The van der Waals surface area contributed by atoms with E-state index in [0.717, 1.165) is 17.7 Å². The number of carbonyl (C=O) groups is 1. The van der Waals surface area contributed by atoms with Crippen molar-refractivity contribution in [3.8, 4) is 11.8 Å². The second kappa shape index (κ2) is 8.54. The highest BCUT2D eigenvalue weighted by atomic mass is 19.1. The summed E-state index contributed by atoms with van der Waals surface area (Å²) in [6.45, 7) is 0.475. The van der Waals surface area contributed by atoms with E-state index in [4.69, 9.17) is 4.74 Å². The first-order valence-corrected chi connectivity index (χ1v) is 7.03. The Hall–Kier alpha value is -2.87. The van der Waals surface area contributed by atoms with E-state index >= 15 is 0 Å². The highest BCUT2D eigenvalue weighted by Gasteiger charge is 2.01. The molecule has 0 saturated heterocycles. The van der Waals surface area contributed by atoms with Gasteiger partial charge in [-0.05, 0) is 17.7 Å². The van der Waals surface area contributed by atoms with Crippen molar-refractivity contribution in [2.24, 2.45) is 0 Å². The van der Waals surface area contributed by atoms with E-state index in [0.29, 0.717) is 6.42 Å². The third kappa shape index (κ3) is 5.79. The molecule has 1 N–H and O–H groups in total. The zero-order chi connectivity index (χ0) is 16.5. The van der Waals surface area contributed by atoms with Crippen molar-refractivity contribution in [2.45, 2.75) is 13.0 Å². The second-order valence-electron chi connectivity index (χ2n) is 4.66. The Bertz CT molecular complexity index is 721.